The molecule has 0 aliphatic carbocycles. The van der Waals surface area contributed by atoms with Crippen LogP contribution >= 0.6 is 0 Å². The van der Waals surface area contributed by atoms with Gasteiger partial charge in [-0.05, 0) is 24.5 Å². The van der Waals surface area contributed by atoms with Crippen LogP contribution in [0.1, 0.15) is 28.4 Å². The van der Waals surface area contributed by atoms with Gasteiger partial charge in [0, 0.05) is 18.2 Å². The summed E-state index contributed by atoms with van der Waals surface area (Å²) in [4.78, 5) is 11.5. The van der Waals surface area contributed by atoms with Gasteiger partial charge in [0.15, 0.2) is 0 Å². The Hall–Kier alpha value is -1.35. The zero-order valence-corrected chi connectivity index (χ0v) is 8.21. The number of carbonyl (C=O) groups is 1. The third-order valence-corrected chi connectivity index (χ3v) is 2.45. The van der Waals surface area contributed by atoms with Crippen molar-refractivity contribution < 1.29 is 4.79 Å². The quantitative estimate of drug-likeness (QED) is 0.725. The zero-order chi connectivity index (χ0) is 10.1. The molecule has 0 saturated heterocycles. The minimum Gasteiger partial charge on any atom is -0.348 e. The molecular weight excluding hydrogens is 176 g/mol. The van der Waals surface area contributed by atoms with Gasteiger partial charge in [-0.3, -0.25) is 4.79 Å². The number of benzene rings is 1. The first-order valence-electron chi connectivity index (χ1n) is 4.83. The Morgan fingerprint density at radius 2 is 2.36 bits per heavy atom. The maximum Gasteiger partial charge on any atom is 0.252 e. The fourth-order valence-electron chi connectivity index (χ4n) is 1.87. The van der Waals surface area contributed by atoms with E-state index in [0.29, 0.717) is 6.54 Å². The average molecular weight is 190 g/mol. The topological polar surface area (TPSA) is 55.1 Å². The van der Waals surface area contributed by atoms with Gasteiger partial charge in [0.1, 0.15) is 0 Å². The molecule has 0 radical (unpaired) electrons. The summed E-state index contributed by atoms with van der Waals surface area (Å²) in [6, 6.07) is 6.04. The molecule has 0 spiro atoms. The second-order valence-corrected chi connectivity index (χ2v) is 3.82. The Balaban J connectivity index is 2.41. The molecule has 0 fully saturated rings. The van der Waals surface area contributed by atoms with E-state index >= 15 is 0 Å². The first-order chi connectivity index (χ1) is 6.68. The summed E-state index contributed by atoms with van der Waals surface area (Å²) in [7, 11) is 0. The van der Waals surface area contributed by atoms with E-state index in [0.717, 1.165) is 23.1 Å². The van der Waals surface area contributed by atoms with Crippen LogP contribution in [0.25, 0.3) is 0 Å². The molecule has 3 nitrogen and oxygen atoms in total. The number of amides is 1. The fourth-order valence-corrected chi connectivity index (χ4v) is 1.87. The number of hydrogen-bond donors (Lipinski definition) is 2. The molecule has 74 valence electrons. The van der Waals surface area contributed by atoms with Gasteiger partial charge < -0.3 is 11.1 Å². The van der Waals surface area contributed by atoms with Gasteiger partial charge in [-0.2, -0.15) is 0 Å². The van der Waals surface area contributed by atoms with Gasteiger partial charge in [0.05, 0.1) is 0 Å². The van der Waals surface area contributed by atoms with E-state index in [1.165, 1.54) is 0 Å². The highest BCUT2D eigenvalue weighted by atomic mass is 16.1. The van der Waals surface area contributed by atoms with Crippen LogP contribution in [-0.4, -0.2) is 11.9 Å². The SMILES string of the molecule is CC(N)Cc1cccc2c1C(=O)NC2. The minimum absolute atomic E-state index is 0.0382. The van der Waals surface area contributed by atoms with Gasteiger partial charge in [-0.15, -0.1) is 0 Å². The van der Waals surface area contributed by atoms with E-state index in [1.807, 2.05) is 25.1 Å². The minimum atomic E-state index is 0.0382. The van der Waals surface area contributed by atoms with Gasteiger partial charge >= 0.3 is 0 Å². The lowest BCUT2D eigenvalue weighted by atomic mass is 9.98. The molecule has 3 N–H and O–H groups in total. The van der Waals surface area contributed by atoms with Crippen molar-refractivity contribution in [2.24, 2.45) is 5.73 Å². The second kappa shape index (κ2) is 3.42. The maximum atomic E-state index is 11.5. The third-order valence-electron chi connectivity index (χ3n) is 2.45. The summed E-state index contributed by atoms with van der Waals surface area (Å²) < 4.78 is 0. The lowest BCUT2D eigenvalue weighted by Crippen LogP contribution is -2.20. The Morgan fingerprint density at radius 3 is 3.07 bits per heavy atom. The molecule has 1 aromatic rings. The van der Waals surface area contributed by atoms with E-state index in [1.54, 1.807) is 0 Å². The molecule has 1 aliphatic rings. The average Bonchev–Trinajstić information content (AvgIpc) is 2.48. The Kier molecular flexibility index (Phi) is 2.25. The van der Waals surface area contributed by atoms with Crippen LogP contribution in [0.15, 0.2) is 18.2 Å². The molecule has 14 heavy (non-hydrogen) atoms. The molecule has 3 heteroatoms. The van der Waals surface area contributed by atoms with Crippen LogP contribution in [0.5, 0.6) is 0 Å². The molecule has 1 unspecified atom stereocenters. The lowest BCUT2D eigenvalue weighted by Gasteiger charge is -2.08. The number of rotatable bonds is 2. The Bertz CT molecular complexity index is 372. The summed E-state index contributed by atoms with van der Waals surface area (Å²) >= 11 is 0. The highest BCUT2D eigenvalue weighted by molar-refractivity contribution is 5.99. The second-order valence-electron chi connectivity index (χ2n) is 3.82. The number of nitrogens with two attached hydrogens (primary N) is 1. The van der Waals surface area contributed by atoms with Crippen LogP contribution in [0, 0.1) is 0 Å². The summed E-state index contributed by atoms with van der Waals surface area (Å²) in [5.74, 6) is 0.0382. The van der Waals surface area contributed by atoms with E-state index < -0.39 is 0 Å². The van der Waals surface area contributed by atoms with Gasteiger partial charge in [0.2, 0.25) is 0 Å². The lowest BCUT2D eigenvalue weighted by molar-refractivity contribution is 0.0965. The van der Waals surface area contributed by atoms with Gasteiger partial charge in [0.25, 0.3) is 5.91 Å². The summed E-state index contributed by atoms with van der Waals surface area (Å²) in [5, 5.41) is 2.82. The van der Waals surface area contributed by atoms with E-state index in [2.05, 4.69) is 5.32 Å². The van der Waals surface area contributed by atoms with Crippen LogP contribution in [-0.2, 0) is 13.0 Å². The van der Waals surface area contributed by atoms with Crippen molar-refractivity contribution in [2.45, 2.75) is 25.9 Å². The number of hydrogen-bond acceptors (Lipinski definition) is 2. The largest absolute Gasteiger partial charge is 0.348 e. The predicted octanol–water partition coefficient (Wildman–Crippen LogP) is 0.820. The van der Waals surface area contributed by atoms with Crippen molar-refractivity contribution in [3.8, 4) is 0 Å². The molecule has 1 amide bonds. The molecule has 0 saturated carbocycles. The van der Waals surface area contributed by atoms with Crippen LogP contribution < -0.4 is 11.1 Å². The molecule has 1 atom stereocenters. The number of fused-ring (bicyclic) bond motifs is 1. The monoisotopic (exact) mass is 190 g/mol. The Morgan fingerprint density at radius 1 is 1.57 bits per heavy atom. The summed E-state index contributed by atoms with van der Waals surface area (Å²) in [6.07, 6.45) is 0.761. The first-order valence-corrected chi connectivity index (χ1v) is 4.83. The Labute approximate surface area is 83.3 Å². The van der Waals surface area contributed by atoms with Crippen LogP contribution in [0.4, 0.5) is 0 Å². The smallest absolute Gasteiger partial charge is 0.252 e. The van der Waals surface area contributed by atoms with E-state index in [4.69, 9.17) is 5.73 Å². The zero-order valence-electron chi connectivity index (χ0n) is 8.21. The molecule has 0 aromatic heterocycles. The van der Waals surface area contributed by atoms with Gasteiger partial charge in [-0.25, -0.2) is 0 Å². The van der Waals surface area contributed by atoms with Crippen molar-refractivity contribution in [3.05, 3.63) is 34.9 Å². The highest BCUT2D eigenvalue weighted by Gasteiger charge is 2.21. The van der Waals surface area contributed by atoms with Crippen molar-refractivity contribution in [2.75, 3.05) is 0 Å². The molecule has 1 aliphatic heterocycles. The third kappa shape index (κ3) is 1.51. The predicted molar refractivity (Wildman–Crippen MR) is 55.0 cm³/mol. The number of carbonyl (C=O) groups excluding carboxylic acids is 1. The number of nitrogens with one attached hydrogen (secondary N) is 1. The normalized spacial score (nSPS) is 16.3. The van der Waals surface area contributed by atoms with Crippen LogP contribution in [0.3, 0.4) is 0 Å². The molecule has 2 rings (SSSR count). The summed E-state index contributed by atoms with van der Waals surface area (Å²) in [6.45, 7) is 2.60. The van der Waals surface area contributed by atoms with Crippen molar-refractivity contribution >= 4 is 5.91 Å². The molecule has 1 heterocycles. The highest BCUT2D eigenvalue weighted by Crippen LogP contribution is 2.20. The van der Waals surface area contributed by atoms with E-state index in [9.17, 15) is 4.79 Å². The van der Waals surface area contributed by atoms with Crippen molar-refractivity contribution in [1.29, 1.82) is 0 Å². The first kappa shape index (κ1) is 9.21. The molecular formula is C11H14N2O. The van der Waals surface area contributed by atoms with Crippen molar-refractivity contribution in [1.82, 2.24) is 5.32 Å². The van der Waals surface area contributed by atoms with Crippen LogP contribution in [0.2, 0.25) is 0 Å². The molecule has 0 bridgehead atoms. The standard InChI is InChI=1S/C11H14N2O/c1-7(12)5-8-3-2-4-9-6-13-11(14)10(8)9/h2-4,7H,5-6,12H2,1H3,(H,13,14). The summed E-state index contributed by atoms with van der Waals surface area (Å²) in [5.41, 5.74) is 8.72. The maximum absolute atomic E-state index is 11.5. The van der Waals surface area contributed by atoms with E-state index in [-0.39, 0.29) is 11.9 Å². The van der Waals surface area contributed by atoms with Gasteiger partial charge in [-0.1, -0.05) is 18.2 Å². The van der Waals surface area contributed by atoms with Crippen molar-refractivity contribution in [3.63, 3.8) is 0 Å². The fraction of sp³-hybridized carbons (Fsp3) is 0.364. The molecule has 1 aromatic carbocycles.